The van der Waals surface area contributed by atoms with E-state index in [4.69, 9.17) is 5.73 Å². The van der Waals surface area contributed by atoms with Crippen LogP contribution in [0, 0.1) is 17.8 Å². The fraction of sp³-hybridized carbons (Fsp3) is 0.632. The van der Waals surface area contributed by atoms with Crippen molar-refractivity contribution in [2.45, 2.75) is 57.5 Å². The predicted octanol–water partition coefficient (Wildman–Crippen LogP) is 2.85. The highest BCUT2D eigenvalue weighted by Crippen LogP contribution is 2.41. The average Bonchev–Trinajstić information content (AvgIpc) is 3.53. The lowest BCUT2D eigenvalue weighted by Crippen LogP contribution is -2.67. The van der Waals surface area contributed by atoms with Crippen LogP contribution in [-0.2, 0) is 6.18 Å². The Balaban J connectivity index is 1.70. The molecule has 0 amide bonds. The number of amidine groups is 1. The number of guanidine groups is 1. The van der Waals surface area contributed by atoms with Crippen LogP contribution in [0.25, 0.3) is 0 Å². The van der Waals surface area contributed by atoms with Crippen molar-refractivity contribution in [3.05, 3.63) is 29.6 Å². The number of nitrogens with zero attached hydrogens (tertiary/aromatic N) is 3. The number of hydrogen-bond acceptors (Lipinski definition) is 4. The topological polar surface area (TPSA) is 87.7 Å². The first-order valence-electron chi connectivity index (χ1n) is 9.72. The molecule has 4 N–H and O–H groups in total. The van der Waals surface area contributed by atoms with Gasteiger partial charge in [-0.25, -0.2) is 15.0 Å². The molecule has 28 heavy (non-hydrogen) atoms. The molecule has 4 rings (SSSR count). The van der Waals surface area contributed by atoms with Crippen molar-refractivity contribution < 1.29 is 13.2 Å². The summed E-state index contributed by atoms with van der Waals surface area (Å²) < 4.78 is 39.3. The standard InChI is InChI=1S/C19H25F3N6/c1-10(12-6-7-12)19(23)27-16(14-4-3-5-15(25-14)18(20,21)22)26-17(28-19)24-11(2)13-8-9-13/h3-5,10-13H,6-9,23H2,1-2H3,(H2,24,26,27,28)/t10-,11-,19?/m1/s1. The Morgan fingerprint density at radius 2 is 1.86 bits per heavy atom. The fourth-order valence-corrected chi connectivity index (χ4v) is 3.54. The summed E-state index contributed by atoms with van der Waals surface area (Å²) in [5, 5.41) is 6.20. The number of pyridine rings is 1. The predicted molar refractivity (Wildman–Crippen MR) is 100 cm³/mol. The van der Waals surface area contributed by atoms with Crippen molar-refractivity contribution in [2.24, 2.45) is 33.5 Å². The highest BCUT2D eigenvalue weighted by molar-refractivity contribution is 6.09. The molecule has 152 valence electrons. The van der Waals surface area contributed by atoms with Crippen LogP contribution in [-0.4, -0.2) is 28.6 Å². The zero-order chi connectivity index (χ0) is 20.1. The van der Waals surface area contributed by atoms with E-state index in [0.29, 0.717) is 17.8 Å². The summed E-state index contributed by atoms with van der Waals surface area (Å²) >= 11 is 0. The van der Waals surface area contributed by atoms with Gasteiger partial charge < -0.3 is 10.6 Å². The molecule has 3 atom stereocenters. The van der Waals surface area contributed by atoms with Gasteiger partial charge in [-0.3, -0.25) is 5.73 Å². The van der Waals surface area contributed by atoms with E-state index in [1.807, 2.05) is 13.8 Å². The van der Waals surface area contributed by atoms with Crippen LogP contribution >= 0.6 is 0 Å². The maximum atomic E-state index is 13.1. The molecule has 3 aliphatic rings. The lowest BCUT2D eigenvalue weighted by Gasteiger charge is -2.38. The highest BCUT2D eigenvalue weighted by Gasteiger charge is 2.45. The minimum atomic E-state index is -4.53. The van der Waals surface area contributed by atoms with Crippen molar-refractivity contribution in [3.8, 4) is 0 Å². The number of hydrogen-bond donors (Lipinski definition) is 3. The molecular weight excluding hydrogens is 369 g/mol. The first-order chi connectivity index (χ1) is 13.2. The third-order valence-corrected chi connectivity index (χ3v) is 5.79. The van der Waals surface area contributed by atoms with Crippen molar-refractivity contribution in [1.82, 2.24) is 15.6 Å². The maximum Gasteiger partial charge on any atom is 0.433 e. The fourth-order valence-electron chi connectivity index (χ4n) is 3.54. The van der Waals surface area contributed by atoms with Crippen LogP contribution in [0.1, 0.15) is 50.9 Å². The molecule has 0 saturated heterocycles. The van der Waals surface area contributed by atoms with Gasteiger partial charge in [-0.2, -0.15) is 13.2 Å². The van der Waals surface area contributed by atoms with Crippen molar-refractivity contribution >= 4 is 11.8 Å². The number of aliphatic imine (C=N–C) groups is 2. The van der Waals surface area contributed by atoms with Gasteiger partial charge in [0.25, 0.3) is 0 Å². The number of nitrogens with one attached hydrogen (secondary N) is 2. The molecule has 2 saturated carbocycles. The summed E-state index contributed by atoms with van der Waals surface area (Å²) in [6.45, 7) is 4.04. The quantitative estimate of drug-likeness (QED) is 0.717. The molecule has 0 radical (unpaired) electrons. The van der Waals surface area contributed by atoms with E-state index < -0.39 is 17.7 Å². The molecule has 6 nitrogen and oxygen atoms in total. The molecule has 0 aromatic carbocycles. The molecule has 1 aromatic heterocycles. The molecule has 9 heteroatoms. The van der Waals surface area contributed by atoms with Crippen molar-refractivity contribution in [1.29, 1.82) is 0 Å². The first-order valence-corrected chi connectivity index (χ1v) is 9.72. The molecule has 2 fully saturated rings. The third kappa shape index (κ3) is 3.99. The van der Waals surface area contributed by atoms with Gasteiger partial charge in [0.15, 0.2) is 17.6 Å². The number of halogens is 3. The Morgan fingerprint density at radius 3 is 2.46 bits per heavy atom. The Kier molecular flexibility index (Phi) is 4.60. The van der Waals surface area contributed by atoms with Crippen molar-refractivity contribution in [2.75, 3.05) is 0 Å². The SMILES string of the molecule is C[C@H](C1CC1)C1(N)N=C(c2cccc(C(F)(F)F)n2)NC(=N[C@H](C)C2CC2)N1. The molecule has 1 aromatic rings. The van der Waals surface area contributed by atoms with E-state index in [2.05, 4.69) is 25.6 Å². The molecular formula is C19H25F3N6. The second-order valence-electron chi connectivity index (χ2n) is 8.12. The van der Waals surface area contributed by atoms with Gasteiger partial charge in [-0.1, -0.05) is 13.0 Å². The first kappa shape index (κ1) is 19.2. The summed E-state index contributed by atoms with van der Waals surface area (Å²) in [5.41, 5.74) is 5.72. The zero-order valence-electron chi connectivity index (χ0n) is 15.9. The van der Waals surface area contributed by atoms with Gasteiger partial charge in [0, 0.05) is 5.92 Å². The van der Waals surface area contributed by atoms with Crippen LogP contribution in [0.2, 0.25) is 0 Å². The Morgan fingerprint density at radius 1 is 1.18 bits per heavy atom. The summed E-state index contributed by atoms with van der Waals surface area (Å²) in [6.07, 6.45) is -0.0949. The molecule has 2 aliphatic carbocycles. The van der Waals surface area contributed by atoms with Gasteiger partial charge >= 0.3 is 6.18 Å². The van der Waals surface area contributed by atoms with E-state index in [0.717, 1.165) is 31.7 Å². The van der Waals surface area contributed by atoms with E-state index in [1.54, 1.807) is 0 Å². The summed E-state index contributed by atoms with van der Waals surface area (Å²) in [6, 6.07) is 3.86. The monoisotopic (exact) mass is 394 g/mol. The van der Waals surface area contributed by atoms with Crippen LogP contribution in [0.5, 0.6) is 0 Å². The molecule has 0 spiro atoms. The van der Waals surface area contributed by atoms with Crippen molar-refractivity contribution in [3.63, 3.8) is 0 Å². The maximum absolute atomic E-state index is 13.1. The summed E-state index contributed by atoms with van der Waals surface area (Å²) in [7, 11) is 0. The number of nitrogens with two attached hydrogens (primary N) is 1. The smallest absolute Gasteiger partial charge is 0.319 e. The van der Waals surface area contributed by atoms with E-state index in [9.17, 15) is 13.2 Å². The van der Waals surface area contributed by atoms with Crippen LogP contribution in [0.4, 0.5) is 13.2 Å². The Labute approximate surface area is 161 Å². The minimum absolute atomic E-state index is 0.0110. The third-order valence-electron chi connectivity index (χ3n) is 5.79. The van der Waals surface area contributed by atoms with Gasteiger partial charge in [-0.15, -0.1) is 0 Å². The largest absolute Gasteiger partial charge is 0.433 e. The van der Waals surface area contributed by atoms with E-state index in [-0.39, 0.29) is 23.5 Å². The van der Waals surface area contributed by atoms with Gasteiger partial charge in [0.2, 0.25) is 0 Å². The Hall–Kier alpha value is -2.16. The molecule has 2 heterocycles. The van der Waals surface area contributed by atoms with Crippen LogP contribution in [0.3, 0.4) is 0 Å². The lowest BCUT2D eigenvalue weighted by atomic mass is 9.97. The van der Waals surface area contributed by atoms with Gasteiger partial charge in [0.05, 0.1) is 6.04 Å². The molecule has 1 aliphatic heterocycles. The zero-order valence-corrected chi connectivity index (χ0v) is 15.9. The number of rotatable bonds is 5. The molecule has 0 bridgehead atoms. The summed E-state index contributed by atoms with van der Waals surface area (Å²) in [4.78, 5) is 13.0. The highest BCUT2D eigenvalue weighted by atomic mass is 19.4. The van der Waals surface area contributed by atoms with E-state index >= 15 is 0 Å². The molecule has 1 unspecified atom stereocenters. The normalized spacial score (nSPS) is 28.9. The number of aromatic nitrogens is 1. The Bertz CT molecular complexity index is 812. The van der Waals surface area contributed by atoms with Crippen LogP contribution < -0.4 is 16.4 Å². The second kappa shape index (κ2) is 6.72. The second-order valence-corrected chi connectivity index (χ2v) is 8.12. The lowest BCUT2D eigenvalue weighted by molar-refractivity contribution is -0.141. The van der Waals surface area contributed by atoms with Gasteiger partial charge in [-0.05, 0) is 56.6 Å². The minimum Gasteiger partial charge on any atom is -0.319 e. The van der Waals surface area contributed by atoms with Gasteiger partial charge in [0.1, 0.15) is 11.4 Å². The van der Waals surface area contributed by atoms with E-state index in [1.165, 1.54) is 12.1 Å². The van der Waals surface area contributed by atoms with Crippen LogP contribution in [0.15, 0.2) is 28.2 Å². The number of alkyl halides is 3. The average molecular weight is 394 g/mol. The summed E-state index contributed by atoms with van der Waals surface area (Å²) in [5.74, 6) is 0.507.